The van der Waals surface area contributed by atoms with Gasteiger partial charge >= 0.3 is 0 Å². The van der Waals surface area contributed by atoms with Gasteiger partial charge in [-0.15, -0.1) is 16.9 Å². The fraction of sp³-hybridized carbons (Fsp3) is 0.111. The Kier molecular flexibility index (Phi) is 3.60. The molecule has 0 atom stereocenters. The van der Waals surface area contributed by atoms with Gasteiger partial charge in [-0.2, -0.15) is 0 Å². The lowest BCUT2D eigenvalue weighted by molar-refractivity contribution is 0.474. The summed E-state index contributed by atoms with van der Waals surface area (Å²) in [4.78, 5) is 0.982. The number of hydrogen-bond acceptors (Lipinski definition) is 7. The molecule has 7 heteroatoms. The number of nitrogens with zero attached hydrogens (tertiary/aromatic N) is 2. The zero-order chi connectivity index (χ0) is 11.4. The van der Waals surface area contributed by atoms with Gasteiger partial charge in [0.15, 0.2) is 0 Å². The molecule has 0 unspecified atom stereocenters. The monoisotopic (exact) mass is 254 g/mol. The molecule has 1 heterocycles. The topological polar surface area (TPSA) is 84.1 Å². The number of nitrogens with one attached hydrogen (secondary N) is 1. The van der Waals surface area contributed by atoms with Crippen LogP contribution in [0.1, 0.15) is 5.69 Å². The quantitative estimate of drug-likeness (QED) is 0.438. The van der Waals surface area contributed by atoms with Gasteiger partial charge in [-0.25, -0.2) is 5.84 Å². The van der Waals surface area contributed by atoms with Crippen molar-refractivity contribution in [3.8, 4) is 5.75 Å². The molecule has 0 saturated heterocycles. The molecule has 16 heavy (non-hydrogen) atoms. The second-order valence-electron chi connectivity index (χ2n) is 2.98. The van der Waals surface area contributed by atoms with Crippen molar-refractivity contribution in [2.75, 3.05) is 5.43 Å². The molecule has 1 aromatic heterocycles. The number of benzene rings is 1. The standard InChI is InChI=1S/C9H10N4OS2/c10-11-9-8(12-13-16-9)5-15-7-3-1-2-6(14)4-7/h1-4,11,14H,5,10H2. The normalized spacial score (nSPS) is 10.3. The van der Waals surface area contributed by atoms with Gasteiger partial charge in [0.2, 0.25) is 0 Å². The Labute approximate surface area is 101 Å². The highest BCUT2D eigenvalue weighted by Crippen LogP contribution is 2.28. The second-order valence-corrected chi connectivity index (χ2v) is 4.78. The van der Waals surface area contributed by atoms with E-state index >= 15 is 0 Å². The van der Waals surface area contributed by atoms with Crippen molar-refractivity contribution in [1.29, 1.82) is 0 Å². The molecule has 2 rings (SSSR count). The number of aromatic nitrogens is 2. The van der Waals surface area contributed by atoms with Crippen molar-refractivity contribution in [2.24, 2.45) is 5.84 Å². The predicted molar refractivity (Wildman–Crippen MR) is 65.4 cm³/mol. The highest BCUT2D eigenvalue weighted by molar-refractivity contribution is 7.98. The van der Waals surface area contributed by atoms with Crippen LogP contribution in [0.15, 0.2) is 29.2 Å². The van der Waals surface area contributed by atoms with Crippen LogP contribution in [0.5, 0.6) is 5.75 Å². The lowest BCUT2D eigenvalue weighted by Crippen LogP contribution is -2.06. The van der Waals surface area contributed by atoms with E-state index in [1.165, 1.54) is 11.5 Å². The van der Waals surface area contributed by atoms with E-state index in [9.17, 15) is 5.11 Å². The Morgan fingerprint density at radius 1 is 1.50 bits per heavy atom. The third kappa shape index (κ3) is 2.63. The molecule has 0 saturated carbocycles. The number of phenolic OH excluding ortho intramolecular Hbond substituents is 1. The number of hydrazine groups is 1. The highest BCUT2D eigenvalue weighted by atomic mass is 32.2. The average Bonchev–Trinajstić information content (AvgIpc) is 2.74. The first-order valence-corrected chi connectivity index (χ1v) is 6.25. The van der Waals surface area contributed by atoms with Gasteiger partial charge in [0.25, 0.3) is 0 Å². The maximum absolute atomic E-state index is 9.30. The molecule has 4 N–H and O–H groups in total. The third-order valence-corrected chi connectivity index (χ3v) is 3.58. The van der Waals surface area contributed by atoms with Crippen LogP contribution >= 0.6 is 23.3 Å². The molecule has 0 aliphatic heterocycles. The number of anilines is 1. The molecule has 0 fully saturated rings. The number of nitrogen functional groups attached to an aromatic ring is 1. The second kappa shape index (κ2) is 5.15. The van der Waals surface area contributed by atoms with Crippen LogP contribution in [0.4, 0.5) is 5.00 Å². The summed E-state index contributed by atoms with van der Waals surface area (Å²) in [7, 11) is 0. The summed E-state index contributed by atoms with van der Waals surface area (Å²) in [6, 6.07) is 7.08. The largest absolute Gasteiger partial charge is 0.508 e. The molecule has 84 valence electrons. The van der Waals surface area contributed by atoms with Gasteiger partial charge in [-0.1, -0.05) is 10.6 Å². The molecule has 0 amide bonds. The van der Waals surface area contributed by atoms with E-state index in [2.05, 4.69) is 15.0 Å². The average molecular weight is 254 g/mol. The van der Waals surface area contributed by atoms with E-state index in [1.807, 2.05) is 6.07 Å². The van der Waals surface area contributed by atoms with Crippen LogP contribution in [0.25, 0.3) is 0 Å². The Morgan fingerprint density at radius 2 is 2.38 bits per heavy atom. The number of hydrogen-bond donors (Lipinski definition) is 3. The van der Waals surface area contributed by atoms with E-state index in [0.717, 1.165) is 15.6 Å². The first kappa shape index (κ1) is 11.2. The summed E-state index contributed by atoms with van der Waals surface area (Å²) in [5.41, 5.74) is 3.37. The number of nitrogens with two attached hydrogens (primary N) is 1. The number of phenols is 1. The fourth-order valence-corrected chi connectivity index (χ4v) is 2.61. The molecule has 2 aromatic rings. The first-order valence-electron chi connectivity index (χ1n) is 4.49. The summed E-state index contributed by atoms with van der Waals surface area (Å²) in [5, 5.41) is 14.0. The number of thioether (sulfide) groups is 1. The molecule has 5 nitrogen and oxygen atoms in total. The van der Waals surface area contributed by atoms with Gasteiger partial charge in [0.05, 0.1) is 0 Å². The predicted octanol–water partition coefficient (Wildman–Crippen LogP) is 1.82. The molecular formula is C9H10N4OS2. The van der Waals surface area contributed by atoms with Crippen molar-refractivity contribution in [3.63, 3.8) is 0 Å². The maximum Gasteiger partial charge on any atom is 0.148 e. The molecule has 0 spiro atoms. The Balaban J connectivity index is 2.02. The number of rotatable bonds is 4. The van der Waals surface area contributed by atoms with Gasteiger partial charge in [-0.3, -0.25) is 0 Å². The van der Waals surface area contributed by atoms with E-state index in [4.69, 9.17) is 5.84 Å². The number of aromatic hydroxyl groups is 1. The van der Waals surface area contributed by atoms with Crippen LogP contribution in [0.3, 0.4) is 0 Å². The Hall–Kier alpha value is -1.31. The molecular weight excluding hydrogens is 244 g/mol. The lowest BCUT2D eigenvalue weighted by Gasteiger charge is -2.01. The van der Waals surface area contributed by atoms with E-state index < -0.39 is 0 Å². The maximum atomic E-state index is 9.30. The van der Waals surface area contributed by atoms with Crippen molar-refractivity contribution in [1.82, 2.24) is 9.59 Å². The van der Waals surface area contributed by atoms with Crippen molar-refractivity contribution in [2.45, 2.75) is 10.6 Å². The summed E-state index contributed by atoms with van der Waals surface area (Å²) >= 11 is 2.80. The summed E-state index contributed by atoms with van der Waals surface area (Å²) in [6.45, 7) is 0. The molecule has 0 radical (unpaired) electrons. The molecule has 0 aliphatic carbocycles. The fourth-order valence-electron chi connectivity index (χ4n) is 1.14. The smallest absolute Gasteiger partial charge is 0.148 e. The van der Waals surface area contributed by atoms with Crippen LogP contribution in [-0.4, -0.2) is 14.7 Å². The van der Waals surface area contributed by atoms with Gasteiger partial charge in [0, 0.05) is 22.2 Å². The first-order chi connectivity index (χ1) is 7.79. The molecule has 0 bridgehead atoms. The van der Waals surface area contributed by atoms with Crippen molar-refractivity contribution in [3.05, 3.63) is 30.0 Å². The Morgan fingerprint density at radius 3 is 3.12 bits per heavy atom. The Bertz CT molecular complexity index is 474. The van der Waals surface area contributed by atoms with E-state index in [-0.39, 0.29) is 5.75 Å². The van der Waals surface area contributed by atoms with Crippen LogP contribution < -0.4 is 11.3 Å². The third-order valence-electron chi connectivity index (χ3n) is 1.88. The minimum atomic E-state index is 0.263. The van der Waals surface area contributed by atoms with Crippen LogP contribution in [0.2, 0.25) is 0 Å². The highest BCUT2D eigenvalue weighted by Gasteiger charge is 2.07. The zero-order valence-corrected chi connectivity index (χ0v) is 9.88. The van der Waals surface area contributed by atoms with Crippen LogP contribution in [0, 0.1) is 0 Å². The minimum Gasteiger partial charge on any atom is -0.508 e. The van der Waals surface area contributed by atoms with Crippen LogP contribution in [-0.2, 0) is 5.75 Å². The summed E-state index contributed by atoms with van der Waals surface area (Å²) < 4.78 is 3.81. The lowest BCUT2D eigenvalue weighted by atomic mass is 10.3. The van der Waals surface area contributed by atoms with Gasteiger partial charge in [0.1, 0.15) is 16.4 Å². The molecule has 1 aromatic carbocycles. The van der Waals surface area contributed by atoms with Crippen molar-refractivity contribution >= 4 is 28.3 Å². The van der Waals surface area contributed by atoms with Gasteiger partial charge < -0.3 is 10.5 Å². The van der Waals surface area contributed by atoms with E-state index in [0.29, 0.717) is 5.75 Å². The summed E-state index contributed by atoms with van der Waals surface area (Å²) in [6.07, 6.45) is 0. The van der Waals surface area contributed by atoms with Gasteiger partial charge in [-0.05, 0) is 18.2 Å². The van der Waals surface area contributed by atoms with Crippen molar-refractivity contribution < 1.29 is 5.11 Å². The minimum absolute atomic E-state index is 0.263. The zero-order valence-electron chi connectivity index (χ0n) is 8.25. The molecule has 0 aliphatic rings. The SMILES string of the molecule is NNc1snnc1CSc1cccc(O)c1. The summed E-state index contributed by atoms with van der Waals surface area (Å²) in [5.74, 6) is 6.25. The van der Waals surface area contributed by atoms with E-state index in [1.54, 1.807) is 30.0 Å².